The molecule has 3 aromatic carbocycles. The van der Waals surface area contributed by atoms with E-state index in [4.69, 9.17) is 4.74 Å². The quantitative estimate of drug-likeness (QED) is 0.412. The maximum Gasteiger partial charge on any atom is 0.295 e. The number of aromatic nitrogens is 2. The average molecular weight is 497 g/mol. The molecule has 5 rings (SSSR count). The van der Waals surface area contributed by atoms with E-state index in [0.717, 1.165) is 5.56 Å². The van der Waals surface area contributed by atoms with Crippen LogP contribution in [0, 0.1) is 6.92 Å². The van der Waals surface area contributed by atoms with Crippen LogP contribution in [0.4, 0.5) is 11.4 Å². The van der Waals surface area contributed by atoms with Gasteiger partial charge in [-0.25, -0.2) is 4.68 Å². The smallest absolute Gasteiger partial charge is 0.295 e. The minimum Gasteiger partial charge on any atom is -0.489 e. The normalized spacial score (nSPS) is 16.1. The van der Waals surface area contributed by atoms with Gasteiger partial charge in [0.05, 0.1) is 16.9 Å². The highest BCUT2D eigenvalue weighted by molar-refractivity contribution is 6.08. The molecular weight excluding hydrogens is 468 g/mol. The van der Waals surface area contributed by atoms with Gasteiger partial charge in [0.2, 0.25) is 0 Å². The van der Waals surface area contributed by atoms with Gasteiger partial charge >= 0.3 is 0 Å². The molecule has 37 heavy (non-hydrogen) atoms. The maximum absolute atomic E-state index is 13.1. The van der Waals surface area contributed by atoms with Gasteiger partial charge in [0.25, 0.3) is 17.4 Å². The molecule has 2 N–H and O–H groups in total. The number of nitrogens with one attached hydrogen (secondary N) is 2. The Balaban J connectivity index is 1.37. The third-order valence-corrected chi connectivity index (χ3v) is 6.96. The number of benzene rings is 3. The lowest BCUT2D eigenvalue weighted by molar-refractivity contribution is 0.101. The highest BCUT2D eigenvalue weighted by Crippen LogP contribution is 2.40. The Kier molecular flexibility index (Phi) is 6.17. The van der Waals surface area contributed by atoms with Gasteiger partial charge < -0.3 is 15.4 Å². The third kappa shape index (κ3) is 4.31. The standard InChI is InChI=1S/C29H28N4O4/c1-17-19(3)37-26-23(17)14-9-15-24(26)28(35)30-21-11-8-10-20(16-21)27(34)31-25-18(2)32(4)33(29(25)36)22-12-6-5-7-13-22/h5-17,19H,1-4H3,(H,30,35)(H,31,34)/t17-,19-/m1/s1. The molecule has 0 saturated heterocycles. The first-order chi connectivity index (χ1) is 17.8. The summed E-state index contributed by atoms with van der Waals surface area (Å²) >= 11 is 0. The number of anilines is 2. The largest absolute Gasteiger partial charge is 0.489 e. The Morgan fingerprint density at radius 1 is 0.892 bits per heavy atom. The van der Waals surface area contributed by atoms with E-state index in [2.05, 4.69) is 17.6 Å². The van der Waals surface area contributed by atoms with Gasteiger partial charge in [-0.05, 0) is 50.2 Å². The van der Waals surface area contributed by atoms with Crippen molar-refractivity contribution in [2.24, 2.45) is 7.05 Å². The molecule has 8 nitrogen and oxygen atoms in total. The fourth-order valence-electron chi connectivity index (χ4n) is 4.60. The zero-order chi connectivity index (χ0) is 26.3. The van der Waals surface area contributed by atoms with Gasteiger partial charge in [0.1, 0.15) is 17.5 Å². The van der Waals surface area contributed by atoms with Crippen molar-refractivity contribution in [3.8, 4) is 11.4 Å². The van der Waals surface area contributed by atoms with Gasteiger partial charge in [0.15, 0.2) is 0 Å². The van der Waals surface area contributed by atoms with Crippen LogP contribution in [-0.4, -0.2) is 27.3 Å². The number of hydrogen-bond donors (Lipinski definition) is 2. The van der Waals surface area contributed by atoms with Gasteiger partial charge in [-0.2, -0.15) is 0 Å². The molecule has 8 heteroatoms. The molecule has 0 bridgehead atoms. The SMILES string of the molecule is Cc1c(NC(=O)c2cccc(NC(=O)c3cccc4c3O[C@H](C)[C@H]4C)c2)c(=O)n(-c2ccccc2)n1C. The monoisotopic (exact) mass is 496 g/mol. The average Bonchev–Trinajstić information content (AvgIpc) is 3.31. The van der Waals surface area contributed by atoms with Gasteiger partial charge in [-0.15, -0.1) is 0 Å². The Bertz CT molecular complexity index is 1570. The van der Waals surface area contributed by atoms with Crippen LogP contribution in [0.5, 0.6) is 5.75 Å². The topological polar surface area (TPSA) is 94.4 Å². The van der Waals surface area contributed by atoms with Crippen molar-refractivity contribution < 1.29 is 14.3 Å². The summed E-state index contributed by atoms with van der Waals surface area (Å²) in [4.78, 5) is 39.3. The lowest BCUT2D eigenvalue weighted by Gasteiger charge is -2.11. The number of rotatable bonds is 5. The molecule has 2 amide bonds. The first-order valence-electron chi connectivity index (χ1n) is 12.1. The Morgan fingerprint density at radius 3 is 2.38 bits per heavy atom. The van der Waals surface area contributed by atoms with Crippen LogP contribution in [-0.2, 0) is 7.05 Å². The molecular formula is C29H28N4O4. The summed E-state index contributed by atoms with van der Waals surface area (Å²) in [6.45, 7) is 5.83. The fourth-order valence-corrected chi connectivity index (χ4v) is 4.60. The minimum absolute atomic E-state index is 0.0103. The van der Waals surface area contributed by atoms with E-state index >= 15 is 0 Å². The molecule has 2 atom stereocenters. The molecule has 0 radical (unpaired) electrons. The second-order valence-electron chi connectivity index (χ2n) is 9.26. The molecule has 1 aromatic heterocycles. The van der Waals surface area contributed by atoms with Gasteiger partial charge in [-0.3, -0.25) is 19.1 Å². The van der Waals surface area contributed by atoms with Crippen molar-refractivity contribution in [1.29, 1.82) is 0 Å². The van der Waals surface area contributed by atoms with E-state index in [-0.39, 0.29) is 29.2 Å². The maximum atomic E-state index is 13.1. The number of amides is 2. The molecule has 0 saturated carbocycles. The van der Waals surface area contributed by atoms with Gasteiger partial charge in [0, 0.05) is 29.8 Å². The molecule has 0 spiro atoms. The second kappa shape index (κ2) is 9.46. The van der Waals surface area contributed by atoms with Crippen LogP contribution in [0.25, 0.3) is 5.69 Å². The fraction of sp³-hybridized carbons (Fsp3) is 0.207. The highest BCUT2D eigenvalue weighted by Gasteiger charge is 2.31. The number of ether oxygens (including phenoxy) is 1. The number of fused-ring (bicyclic) bond motifs is 1. The molecule has 0 fully saturated rings. The van der Waals surface area contributed by atoms with E-state index in [1.807, 2.05) is 49.4 Å². The van der Waals surface area contributed by atoms with Crippen LogP contribution >= 0.6 is 0 Å². The first kappa shape index (κ1) is 24.1. The molecule has 1 aliphatic rings. The molecule has 1 aliphatic heterocycles. The third-order valence-electron chi connectivity index (χ3n) is 6.96. The summed E-state index contributed by atoms with van der Waals surface area (Å²) in [6, 6.07) is 21.4. The number of hydrogen-bond acceptors (Lipinski definition) is 4. The van der Waals surface area contributed by atoms with E-state index in [0.29, 0.717) is 33.9 Å². The van der Waals surface area contributed by atoms with Crippen molar-refractivity contribution in [1.82, 2.24) is 9.36 Å². The Labute approximate surface area is 214 Å². The Morgan fingerprint density at radius 2 is 1.62 bits per heavy atom. The molecule has 2 heterocycles. The zero-order valence-corrected chi connectivity index (χ0v) is 21.1. The van der Waals surface area contributed by atoms with E-state index in [1.54, 1.807) is 49.0 Å². The predicted octanol–water partition coefficient (Wildman–Crippen LogP) is 4.87. The lowest BCUT2D eigenvalue weighted by atomic mass is 9.97. The molecule has 4 aromatic rings. The number of carbonyl (C=O) groups excluding carboxylic acids is 2. The molecule has 0 aliphatic carbocycles. The van der Waals surface area contributed by atoms with Crippen molar-refractivity contribution in [3.63, 3.8) is 0 Å². The van der Waals surface area contributed by atoms with E-state index in [1.165, 1.54) is 4.68 Å². The molecule has 0 unspecified atom stereocenters. The number of carbonyl (C=O) groups is 2. The lowest BCUT2D eigenvalue weighted by Crippen LogP contribution is -2.23. The zero-order valence-electron chi connectivity index (χ0n) is 21.1. The van der Waals surface area contributed by atoms with Crippen LogP contribution in [0.2, 0.25) is 0 Å². The van der Waals surface area contributed by atoms with E-state index < -0.39 is 5.91 Å². The number of nitrogens with zero attached hydrogens (tertiary/aromatic N) is 2. The summed E-state index contributed by atoms with van der Waals surface area (Å²) in [5.41, 5.74) is 3.41. The second-order valence-corrected chi connectivity index (χ2v) is 9.26. The predicted molar refractivity (Wildman–Crippen MR) is 143 cm³/mol. The Hall–Kier alpha value is -4.59. The summed E-state index contributed by atoms with van der Waals surface area (Å²) in [5.74, 6) is 0.0277. The van der Waals surface area contributed by atoms with Crippen LogP contribution < -0.4 is 20.9 Å². The summed E-state index contributed by atoms with van der Waals surface area (Å²) in [7, 11) is 1.76. The highest BCUT2D eigenvalue weighted by atomic mass is 16.5. The van der Waals surface area contributed by atoms with Crippen LogP contribution in [0.15, 0.2) is 77.6 Å². The van der Waals surface area contributed by atoms with Crippen molar-refractivity contribution >= 4 is 23.2 Å². The summed E-state index contributed by atoms with van der Waals surface area (Å²) in [6.07, 6.45) is -0.0103. The van der Waals surface area contributed by atoms with Crippen LogP contribution in [0.3, 0.4) is 0 Å². The van der Waals surface area contributed by atoms with Crippen molar-refractivity contribution in [2.45, 2.75) is 32.8 Å². The van der Waals surface area contributed by atoms with Crippen molar-refractivity contribution in [2.75, 3.05) is 10.6 Å². The van der Waals surface area contributed by atoms with Crippen LogP contribution in [0.1, 0.15) is 51.7 Å². The van der Waals surface area contributed by atoms with E-state index in [9.17, 15) is 14.4 Å². The van der Waals surface area contributed by atoms with Crippen molar-refractivity contribution in [3.05, 3.63) is 106 Å². The summed E-state index contributed by atoms with van der Waals surface area (Å²) < 4.78 is 9.15. The molecule has 188 valence electrons. The van der Waals surface area contributed by atoms with Gasteiger partial charge in [-0.1, -0.05) is 43.3 Å². The number of para-hydroxylation sites is 2. The first-order valence-corrected chi connectivity index (χ1v) is 12.1. The summed E-state index contributed by atoms with van der Waals surface area (Å²) in [5, 5.41) is 5.62. The minimum atomic E-state index is -0.450.